The van der Waals surface area contributed by atoms with Crippen LogP contribution in [0.1, 0.15) is 54.6 Å². The molecule has 158 valence electrons. The van der Waals surface area contributed by atoms with E-state index in [1.54, 1.807) is 18.2 Å². The highest BCUT2D eigenvalue weighted by Gasteiger charge is 2.16. The summed E-state index contributed by atoms with van der Waals surface area (Å²) in [5, 5.41) is 12.6. The molecule has 0 fully saturated rings. The van der Waals surface area contributed by atoms with E-state index < -0.39 is 23.6 Å². The second kappa shape index (κ2) is 11.4. The van der Waals surface area contributed by atoms with Crippen molar-refractivity contribution in [1.29, 1.82) is 0 Å². The summed E-state index contributed by atoms with van der Waals surface area (Å²) in [6, 6.07) is 7.67. The number of hydrogen-bond acceptors (Lipinski definition) is 4. The molecule has 2 aromatic carbocycles. The number of unbranched alkanes of at least 4 members (excludes halogenated alkanes) is 3. The predicted octanol–water partition coefficient (Wildman–Crippen LogP) is 4.40. The molecule has 0 aliphatic heterocycles. The van der Waals surface area contributed by atoms with Crippen molar-refractivity contribution in [2.45, 2.75) is 38.7 Å². The number of rotatable bonds is 11. The molecular formula is C22H27F2NO4. The number of aliphatic hydroxyl groups excluding tert-OH is 1. The van der Waals surface area contributed by atoms with Gasteiger partial charge >= 0.3 is 0 Å². The molecule has 0 heterocycles. The van der Waals surface area contributed by atoms with Crippen LogP contribution in [0.4, 0.5) is 8.78 Å². The number of ether oxygens (including phenoxy) is 2. The third kappa shape index (κ3) is 6.71. The minimum Gasteiger partial charge on any atom is -0.493 e. The molecule has 0 bridgehead atoms. The number of carbonyl (C=O) groups is 1. The Kier molecular flexibility index (Phi) is 8.86. The summed E-state index contributed by atoms with van der Waals surface area (Å²) in [5.74, 6) is -1.08. The van der Waals surface area contributed by atoms with Gasteiger partial charge in [0.1, 0.15) is 11.6 Å². The van der Waals surface area contributed by atoms with Crippen LogP contribution >= 0.6 is 0 Å². The molecule has 0 spiro atoms. The van der Waals surface area contributed by atoms with Gasteiger partial charge in [-0.3, -0.25) is 4.79 Å². The molecule has 1 unspecified atom stereocenters. The van der Waals surface area contributed by atoms with Crippen LogP contribution in [-0.2, 0) is 0 Å². The summed E-state index contributed by atoms with van der Waals surface area (Å²) in [6.07, 6.45) is 3.04. The van der Waals surface area contributed by atoms with E-state index >= 15 is 0 Å². The van der Waals surface area contributed by atoms with E-state index in [2.05, 4.69) is 12.2 Å². The van der Waals surface area contributed by atoms with E-state index in [1.165, 1.54) is 7.11 Å². The van der Waals surface area contributed by atoms with E-state index in [-0.39, 0.29) is 12.1 Å². The highest BCUT2D eigenvalue weighted by atomic mass is 19.1. The van der Waals surface area contributed by atoms with Crippen LogP contribution < -0.4 is 14.8 Å². The van der Waals surface area contributed by atoms with Crippen LogP contribution in [0, 0.1) is 11.6 Å². The van der Waals surface area contributed by atoms with Crippen molar-refractivity contribution < 1.29 is 28.2 Å². The average Bonchev–Trinajstić information content (AvgIpc) is 2.71. The third-order valence-corrected chi connectivity index (χ3v) is 4.46. The van der Waals surface area contributed by atoms with E-state index in [0.29, 0.717) is 29.7 Å². The number of carbonyl (C=O) groups excluding carboxylic acids is 1. The zero-order valence-corrected chi connectivity index (χ0v) is 16.7. The fraction of sp³-hybridized carbons (Fsp3) is 0.409. The standard InChI is InChI=1S/C22H27F2NO4/c1-3-4-5-6-11-29-20-10-7-15(12-21(20)28-2)22(27)25-14-19(26)17-9-8-16(23)13-18(17)24/h7-10,12-13,19,26H,3-6,11,14H2,1-2H3,(H,25,27). The molecule has 2 aromatic rings. The lowest BCUT2D eigenvalue weighted by Crippen LogP contribution is -2.28. The molecule has 0 aliphatic rings. The quantitative estimate of drug-likeness (QED) is 0.542. The van der Waals surface area contributed by atoms with E-state index in [9.17, 15) is 18.7 Å². The molecule has 2 N–H and O–H groups in total. The Bertz CT molecular complexity index is 813. The second-order valence-corrected chi connectivity index (χ2v) is 6.67. The molecule has 0 saturated carbocycles. The SMILES string of the molecule is CCCCCCOc1ccc(C(=O)NCC(O)c2ccc(F)cc2F)cc1OC. The first kappa shape index (κ1) is 22.6. The van der Waals surface area contributed by atoms with Crippen LogP contribution in [0.5, 0.6) is 11.5 Å². The van der Waals surface area contributed by atoms with Gasteiger partial charge < -0.3 is 19.9 Å². The first-order valence-corrected chi connectivity index (χ1v) is 9.68. The van der Waals surface area contributed by atoms with Crippen molar-refractivity contribution in [3.63, 3.8) is 0 Å². The van der Waals surface area contributed by atoms with Crippen LogP contribution in [0.3, 0.4) is 0 Å². The fourth-order valence-corrected chi connectivity index (χ4v) is 2.81. The summed E-state index contributed by atoms with van der Waals surface area (Å²) in [6.45, 7) is 2.49. The summed E-state index contributed by atoms with van der Waals surface area (Å²) in [5.41, 5.74) is 0.225. The molecule has 2 rings (SSSR count). The van der Waals surface area contributed by atoms with Gasteiger partial charge in [0.2, 0.25) is 0 Å². The van der Waals surface area contributed by atoms with Crippen molar-refractivity contribution in [2.24, 2.45) is 0 Å². The normalized spacial score (nSPS) is 11.8. The molecule has 0 aliphatic carbocycles. The van der Waals surface area contributed by atoms with Gasteiger partial charge in [0.25, 0.3) is 5.91 Å². The first-order valence-electron chi connectivity index (χ1n) is 9.68. The summed E-state index contributed by atoms with van der Waals surface area (Å²) < 4.78 is 37.7. The Hall–Kier alpha value is -2.67. The number of benzene rings is 2. The van der Waals surface area contributed by atoms with Crippen LogP contribution in [0.25, 0.3) is 0 Å². The summed E-state index contributed by atoms with van der Waals surface area (Å²) in [7, 11) is 1.49. The van der Waals surface area contributed by atoms with E-state index in [0.717, 1.165) is 37.8 Å². The summed E-state index contributed by atoms with van der Waals surface area (Å²) in [4.78, 5) is 12.4. The number of amides is 1. The highest BCUT2D eigenvalue weighted by Crippen LogP contribution is 2.28. The number of aliphatic hydroxyl groups is 1. The Morgan fingerprint density at radius 1 is 1.10 bits per heavy atom. The Morgan fingerprint density at radius 3 is 2.59 bits per heavy atom. The van der Waals surface area contributed by atoms with Gasteiger partial charge in [0.15, 0.2) is 11.5 Å². The first-order chi connectivity index (χ1) is 14.0. The van der Waals surface area contributed by atoms with Crippen LogP contribution in [0.2, 0.25) is 0 Å². The van der Waals surface area contributed by atoms with Crippen molar-refractivity contribution in [3.05, 3.63) is 59.2 Å². The number of hydrogen-bond donors (Lipinski definition) is 2. The number of methoxy groups -OCH3 is 1. The second-order valence-electron chi connectivity index (χ2n) is 6.67. The van der Waals surface area contributed by atoms with Crippen molar-refractivity contribution in [2.75, 3.05) is 20.3 Å². The lowest BCUT2D eigenvalue weighted by atomic mass is 10.1. The molecular weight excluding hydrogens is 380 g/mol. The maximum absolute atomic E-state index is 13.7. The van der Waals surface area contributed by atoms with Crippen molar-refractivity contribution in [1.82, 2.24) is 5.32 Å². The molecule has 0 aromatic heterocycles. The van der Waals surface area contributed by atoms with Crippen molar-refractivity contribution >= 4 is 5.91 Å². The number of halogens is 2. The van der Waals surface area contributed by atoms with E-state index in [1.807, 2.05) is 0 Å². The Morgan fingerprint density at radius 2 is 1.90 bits per heavy atom. The minimum atomic E-state index is -1.30. The molecule has 1 amide bonds. The predicted molar refractivity (Wildman–Crippen MR) is 106 cm³/mol. The zero-order valence-electron chi connectivity index (χ0n) is 16.7. The average molecular weight is 407 g/mol. The molecule has 0 saturated heterocycles. The maximum Gasteiger partial charge on any atom is 0.251 e. The Balaban J connectivity index is 1.94. The third-order valence-electron chi connectivity index (χ3n) is 4.46. The molecule has 7 heteroatoms. The van der Waals surface area contributed by atoms with Gasteiger partial charge in [0.05, 0.1) is 19.8 Å². The fourth-order valence-electron chi connectivity index (χ4n) is 2.81. The lowest BCUT2D eigenvalue weighted by Gasteiger charge is -2.15. The van der Waals surface area contributed by atoms with E-state index in [4.69, 9.17) is 9.47 Å². The molecule has 0 radical (unpaired) electrons. The van der Waals surface area contributed by atoms with Crippen LogP contribution in [0.15, 0.2) is 36.4 Å². The van der Waals surface area contributed by atoms with Gasteiger partial charge in [-0.25, -0.2) is 8.78 Å². The lowest BCUT2D eigenvalue weighted by molar-refractivity contribution is 0.0913. The maximum atomic E-state index is 13.7. The smallest absolute Gasteiger partial charge is 0.251 e. The van der Waals surface area contributed by atoms with Gasteiger partial charge in [-0.15, -0.1) is 0 Å². The van der Waals surface area contributed by atoms with Crippen molar-refractivity contribution in [3.8, 4) is 11.5 Å². The van der Waals surface area contributed by atoms with Gasteiger partial charge in [-0.1, -0.05) is 32.3 Å². The summed E-state index contributed by atoms with van der Waals surface area (Å²) >= 11 is 0. The molecule has 29 heavy (non-hydrogen) atoms. The van der Waals surface area contributed by atoms with Gasteiger partial charge in [-0.2, -0.15) is 0 Å². The minimum absolute atomic E-state index is 0.0869. The monoisotopic (exact) mass is 407 g/mol. The van der Waals surface area contributed by atoms with Gasteiger partial charge in [0, 0.05) is 23.7 Å². The number of nitrogens with one attached hydrogen (secondary N) is 1. The molecule has 1 atom stereocenters. The highest BCUT2D eigenvalue weighted by molar-refractivity contribution is 5.94. The van der Waals surface area contributed by atoms with Gasteiger partial charge in [-0.05, 0) is 30.7 Å². The largest absolute Gasteiger partial charge is 0.493 e. The topological polar surface area (TPSA) is 67.8 Å². The van der Waals surface area contributed by atoms with Crippen LogP contribution in [-0.4, -0.2) is 31.3 Å². The zero-order chi connectivity index (χ0) is 21.2. The molecule has 5 nitrogen and oxygen atoms in total. The Labute approximate surface area is 169 Å².